The fraction of sp³-hybridized carbons (Fsp3) is 0.556. The second-order valence-corrected chi connectivity index (χ2v) is 8.74. The highest BCUT2D eigenvalue weighted by molar-refractivity contribution is 7.89. The first-order valence-corrected chi connectivity index (χ1v) is 9.99. The first-order chi connectivity index (χ1) is 12.1. The lowest BCUT2D eigenvalue weighted by molar-refractivity contribution is -0.137. The second-order valence-electron chi connectivity index (χ2n) is 6.70. The number of alkyl halides is 3. The molecule has 0 bridgehead atoms. The van der Waals surface area contributed by atoms with Crippen LogP contribution in [0.3, 0.4) is 0 Å². The molecule has 1 aromatic rings. The monoisotopic (exact) mass is 391 g/mol. The molecule has 0 amide bonds. The molecule has 1 saturated carbocycles. The Morgan fingerprint density at radius 3 is 2.23 bits per heavy atom. The van der Waals surface area contributed by atoms with E-state index in [0.717, 1.165) is 49.9 Å². The minimum atomic E-state index is -4.49. The average molecular weight is 391 g/mol. The zero-order valence-corrected chi connectivity index (χ0v) is 15.4. The van der Waals surface area contributed by atoms with E-state index in [9.17, 15) is 21.6 Å². The molecule has 0 saturated heterocycles. The number of halogens is 3. The highest BCUT2D eigenvalue weighted by Gasteiger charge is 2.31. The van der Waals surface area contributed by atoms with E-state index in [4.69, 9.17) is 5.11 Å². The average Bonchev–Trinajstić information content (AvgIpc) is 2.60. The van der Waals surface area contributed by atoms with Crippen molar-refractivity contribution in [3.05, 3.63) is 42.0 Å². The van der Waals surface area contributed by atoms with Gasteiger partial charge in [-0.05, 0) is 61.8 Å². The number of aliphatic hydroxyl groups is 1. The van der Waals surface area contributed by atoms with Crippen LogP contribution in [0.2, 0.25) is 0 Å². The van der Waals surface area contributed by atoms with Crippen LogP contribution in [-0.4, -0.2) is 38.0 Å². The predicted octanol–water partition coefficient (Wildman–Crippen LogP) is 3.68. The fourth-order valence-electron chi connectivity index (χ4n) is 3.27. The second kappa shape index (κ2) is 8.54. The summed E-state index contributed by atoms with van der Waals surface area (Å²) in [5, 5.41) is 8.80. The first kappa shape index (κ1) is 20.9. The van der Waals surface area contributed by atoms with E-state index < -0.39 is 21.8 Å². The van der Waals surface area contributed by atoms with Gasteiger partial charge in [0.05, 0.1) is 17.1 Å². The fourth-order valence-corrected chi connectivity index (χ4v) is 4.52. The quantitative estimate of drug-likeness (QED) is 0.753. The van der Waals surface area contributed by atoms with E-state index >= 15 is 0 Å². The Morgan fingerprint density at radius 2 is 1.73 bits per heavy atom. The minimum absolute atomic E-state index is 0.0219. The highest BCUT2D eigenvalue weighted by atomic mass is 32.2. The molecule has 0 radical (unpaired) electrons. The molecule has 146 valence electrons. The van der Waals surface area contributed by atoms with Crippen molar-refractivity contribution in [1.29, 1.82) is 0 Å². The van der Waals surface area contributed by atoms with Crippen molar-refractivity contribution in [3.63, 3.8) is 0 Å². The molecule has 0 atom stereocenters. The van der Waals surface area contributed by atoms with Gasteiger partial charge >= 0.3 is 6.18 Å². The van der Waals surface area contributed by atoms with Gasteiger partial charge in [0.2, 0.25) is 10.0 Å². The maximum atomic E-state index is 12.6. The van der Waals surface area contributed by atoms with Gasteiger partial charge < -0.3 is 5.11 Å². The van der Waals surface area contributed by atoms with Crippen LogP contribution >= 0.6 is 0 Å². The molecule has 1 aromatic carbocycles. The van der Waals surface area contributed by atoms with Crippen LogP contribution in [0.4, 0.5) is 13.2 Å². The van der Waals surface area contributed by atoms with Crippen LogP contribution in [0.1, 0.15) is 31.2 Å². The largest absolute Gasteiger partial charge is 0.416 e. The molecule has 0 aromatic heterocycles. The number of nitrogens with zero attached hydrogens (tertiary/aromatic N) is 1. The number of benzene rings is 1. The van der Waals surface area contributed by atoms with E-state index in [1.807, 2.05) is 6.08 Å². The molecule has 1 aliphatic rings. The minimum Gasteiger partial charge on any atom is -0.392 e. The van der Waals surface area contributed by atoms with Gasteiger partial charge in [-0.25, -0.2) is 12.7 Å². The Balaban J connectivity index is 1.98. The molecule has 26 heavy (non-hydrogen) atoms. The van der Waals surface area contributed by atoms with Crippen molar-refractivity contribution in [2.24, 2.45) is 11.8 Å². The Hall–Kier alpha value is -1.38. The maximum Gasteiger partial charge on any atom is 0.416 e. The van der Waals surface area contributed by atoms with Crippen molar-refractivity contribution in [2.75, 3.05) is 20.2 Å². The van der Waals surface area contributed by atoms with Crippen molar-refractivity contribution < 1.29 is 26.7 Å². The smallest absolute Gasteiger partial charge is 0.392 e. The third-order valence-electron chi connectivity index (χ3n) is 4.81. The van der Waals surface area contributed by atoms with Crippen LogP contribution in [0.5, 0.6) is 0 Å². The standard InChI is InChI=1S/C18H24F3NO3S/c1-22(13-15-6-4-14(5-7-15)3-2-12-23)26(24,25)17-10-8-16(9-11-17)18(19,20)21/h2-3,8-11,14-15,23H,4-7,12-13H2,1H3. The Kier molecular flexibility index (Phi) is 6.87. The third-order valence-corrected chi connectivity index (χ3v) is 6.65. The molecule has 0 spiro atoms. The Labute approximate surface area is 152 Å². The van der Waals surface area contributed by atoms with Gasteiger partial charge in [0.1, 0.15) is 0 Å². The van der Waals surface area contributed by atoms with Crippen LogP contribution in [0.15, 0.2) is 41.3 Å². The van der Waals surface area contributed by atoms with Gasteiger partial charge in [-0.2, -0.15) is 13.2 Å². The van der Waals surface area contributed by atoms with E-state index in [0.29, 0.717) is 12.5 Å². The van der Waals surface area contributed by atoms with Gasteiger partial charge in [-0.15, -0.1) is 0 Å². The zero-order valence-electron chi connectivity index (χ0n) is 14.6. The topological polar surface area (TPSA) is 57.6 Å². The molecule has 8 heteroatoms. The lowest BCUT2D eigenvalue weighted by Crippen LogP contribution is -2.33. The van der Waals surface area contributed by atoms with Crippen molar-refractivity contribution in [2.45, 2.75) is 36.8 Å². The molecule has 0 aliphatic heterocycles. The van der Waals surface area contributed by atoms with Crippen LogP contribution in [0, 0.1) is 11.8 Å². The van der Waals surface area contributed by atoms with Gasteiger partial charge in [0.15, 0.2) is 0 Å². The molecular formula is C18H24F3NO3S. The van der Waals surface area contributed by atoms with Gasteiger partial charge in [0, 0.05) is 13.6 Å². The van der Waals surface area contributed by atoms with Crippen LogP contribution in [0.25, 0.3) is 0 Å². The third kappa shape index (κ3) is 5.31. The molecule has 1 aliphatic carbocycles. The summed E-state index contributed by atoms with van der Waals surface area (Å²) in [7, 11) is -2.35. The Morgan fingerprint density at radius 1 is 1.15 bits per heavy atom. The lowest BCUT2D eigenvalue weighted by atomic mass is 9.82. The normalized spacial score (nSPS) is 22.2. The number of aliphatic hydroxyl groups excluding tert-OH is 1. The number of sulfonamides is 1. The Bertz CT molecular complexity index is 706. The van der Waals surface area contributed by atoms with Crippen molar-refractivity contribution >= 4 is 10.0 Å². The summed E-state index contributed by atoms with van der Waals surface area (Å²) >= 11 is 0. The summed E-state index contributed by atoms with van der Waals surface area (Å²) in [6, 6.07) is 3.59. The number of allylic oxidation sites excluding steroid dienone is 1. The maximum absolute atomic E-state index is 12.6. The zero-order chi connectivity index (χ0) is 19.4. The number of rotatable bonds is 6. The van der Waals surface area contributed by atoms with Crippen molar-refractivity contribution in [3.8, 4) is 0 Å². The number of hydrogen-bond donors (Lipinski definition) is 1. The molecule has 4 nitrogen and oxygen atoms in total. The summed E-state index contributed by atoms with van der Waals surface area (Å²) < 4.78 is 64.2. The van der Waals surface area contributed by atoms with E-state index in [1.165, 1.54) is 11.4 Å². The van der Waals surface area contributed by atoms with E-state index in [1.54, 1.807) is 6.08 Å². The summed E-state index contributed by atoms with van der Waals surface area (Å²) in [5.74, 6) is 0.637. The predicted molar refractivity (Wildman–Crippen MR) is 92.9 cm³/mol. The van der Waals surface area contributed by atoms with Crippen LogP contribution in [-0.2, 0) is 16.2 Å². The van der Waals surface area contributed by atoms with E-state index in [-0.39, 0.29) is 17.4 Å². The van der Waals surface area contributed by atoms with Gasteiger partial charge in [-0.3, -0.25) is 0 Å². The lowest BCUT2D eigenvalue weighted by Gasteiger charge is -2.29. The highest BCUT2D eigenvalue weighted by Crippen LogP contribution is 2.32. The molecular weight excluding hydrogens is 367 g/mol. The van der Waals surface area contributed by atoms with Crippen molar-refractivity contribution in [1.82, 2.24) is 4.31 Å². The first-order valence-electron chi connectivity index (χ1n) is 8.55. The van der Waals surface area contributed by atoms with Gasteiger partial charge in [0.25, 0.3) is 0 Å². The van der Waals surface area contributed by atoms with Crippen LogP contribution < -0.4 is 0 Å². The molecule has 1 fully saturated rings. The summed E-state index contributed by atoms with van der Waals surface area (Å²) in [6.07, 6.45) is 2.88. The summed E-state index contributed by atoms with van der Waals surface area (Å²) in [6.45, 7) is 0.369. The molecule has 0 heterocycles. The van der Waals surface area contributed by atoms with Gasteiger partial charge in [-0.1, -0.05) is 12.2 Å². The summed E-state index contributed by atoms with van der Waals surface area (Å²) in [5.41, 5.74) is -0.867. The molecule has 0 unspecified atom stereocenters. The SMILES string of the molecule is CN(CC1CCC(C=CCO)CC1)S(=O)(=O)c1ccc(C(F)(F)F)cc1. The van der Waals surface area contributed by atoms with E-state index in [2.05, 4.69) is 0 Å². The molecule has 1 N–H and O–H groups in total. The number of hydrogen-bond acceptors (Lipinski definition) is 3. The summed E-state index contributed by atoms with van der Waals surface area (Å²) in [4.78, 5) is -0.132. The molecule has 2 rings (SSSR count).